The van der Waals surface area contributed by atoms with Gasteiger partial charge in [-0.05, 0) is 42.7 Å². The molecule has 0 fully saturated rings. The Morgan fingerprint density at radius 1 is 1.04 bits per heavy atom. The van der Waals surface area contributed by atoms with Crippen LogP contribution < -0.4 is 10.6 Å². The maximum absolute atomic E-state index is 9.19. The van der Waals surface area contributed by atoms with E-state index in [1.165, 1.54) is 11.1 Å². The molecule has 1 aromatic heterocycles. The molecule has 0 unspecified atom stereocenters. The fourth-order valence-electron chi connectivity index (χ4n) is 2.63. The summed E-state index contributed by atoms with van der Waals surface area (Å²) < 4.78 is 0. The summed E-state index contributed by atoms with van der Waals surface area (Å²) in [6.07, 6.45) is 2.63. The van der Waals surface area contributed by atoms with Crippen molar-refractivity contribution in [2.24, 2.45) is 0 Å². The van der Waals surface area contributed by atoms with Crippen molar-refractivity contribution in [3.8, 4) is 6.07 Å². The molecule has 0 aliphatic carbocycles. The van der Waals surface area contributed by atoms with Crippen LogP contribution in [0.4, 0.5) is 23.1 Å². The lowest BCUT2D eigenvalue weighted by Crippen LogP contribution is -2.03. The van der Waals surface area contributed by atoms with Crippen LogP contribution in [-0.2, 0) is 6.42 Å². The van der Waals surface area contributed by atoms with Crippen molar-refractivity contribution >= 4 is 23.1 Å². The summed E-state index contributed by atoms with van der Waals surface area (Å²) in [5.74, 6) is 1.15. The Labute approximate surface area is 147 Å². The van der Waals surface area contributed by atoms with Gasteiger partial charge in [0.1, 0.15) is 11.9 Å². The van der Waals surface area contributed by atoms with Crippen molar-refractivity contribution in [3.05, 3.63) is 71.4 Å². The van der Waals surface area contributed by atoms with Crippen LogP contribution in [-0.4, -0.2) is 9.97 Å². The second-order valence-corrected chi connectivity index (χ2v) is 5.64. The number of hydrogen-bond donors (Lipinski definition) is 2. The van der Waals surface area contributed by atoms with E-state index in [4.69, 9.17) is 0 Å². The zero-order valence-corrected chi connectivity index (χ0v) is 14.2. The predicted octanol–water partition coefficient (Wildman–Crippen LogP) is 4.71. The van der Waals surface area contributed by atoms with Gasteiger partial charge in [0.15, 0.2) is 0 Å². The molecule has 3 rings (SSSR count). The Balaban J connectivity index is 1.87. The van der Waals surface area contributed by atoms with E-state index in [1.54, 1.807) is 12.3 Å². The Morgan fingerprint density at radius 3 is 2.68 bits per heavy atom. The van der Waals surface area contributed by atoms with Crippen molar-refractivity contribution in [3.63, 3.8) is 0 Å². The van der Waals surface area contributed by atoms with E-state index in [0.29, 0.717) is 23.0 Å². The minimum atomic E-state index is 0.444. The molecule has 0 amide bonds. The molecular weight excluding hydrogens is 310 g/mol. The fraction of sp³-hybridized carbons (Fsp3) is 0.150. The largest absolute Gasteiger partial charge is 0.340 e. The lowest BCUT2D eigenvalue weighted by Gasteiger charge is -2.14. The molecule has 0 aliphatic rings. The molecule has 25 heavy (non-hydrogen) atoms. The zero-order valence-electron chi connectivity index (χ0n) is 14.2. The van der Waals surface area contributed by atoms with Crippen molar-refractivity contribution in [2.75, 3.05) is 10.6 Å². The van der Waals surface area contributed by atoms with Gasteiger partial charge >= 0.3 is 0 Å². The minimum Gasteiger partial charge on any atom is -0.340 e. The highest BCUT2D eigenvalue weighted by molar-refractivity contribution is 5.67. The van der Waals surface area contributed by atoms with Crippen LogP contribution in [0.15, 0.2) is 54.7 Å². The van der Waals surface area contributed by atoms with E-state index in [0.717, 1.165) is 12.1 Å². The van der Waals surface area contributed by atoms with Crippen LogP contribution in [0.5, 0.6) is 0 Å². The average Bonchev–Trinajstić information content (AvgIpc) is 2.64. The van der Waals surface area contributed by atoms with Gasteiger partial charge in [-0.25, -0.2) is 4.98 Å². The van der Waals surface area contributed by atoms with Crippen LogP contribution in [0, 0.1) is 18.3 Å². The maximum atomic E-state index is 9.19. The van der Waals surface area contributed by atoms with Gasteiger partial charge in [-0.2, -0.15) is 10.2 Å². The molecule has 0 radical (unpaired) electrons. The normalized spacial score (nSPS) is 10.1. The molecule has 0 saturated carbocycles. The van der Waals surface area contributed by atoms with Gasteiger partial charge in [0.2, 0.25) is 5.95 Å². The topological polar surface area (TPSA) is 73.6 Å². The number of para-hydroxylation sites is 2. The Hall–Kier alpha value is -3.39. The first-order chi connectivity index (χ1) is 12.2. The van der Waals surface area contributed by atoms with Gasteiger partial charge in [-0.3, -0.25) is 0 Å². The third-order valence-corrected chi connectivity index (χ3v) is 3.94. The number of benzene rings is 2. The summed E-state index contributed by atoms with van der Waals surface area (Å²) >= 11 is 0. The van der Waals surface area contributed by atoms with Gasteiger partial charge in [0, 0.05) is 11.9 Å². The highest BCUT2D eigenvalue weighted by Gasteiger charge is 2.07. The summed E-state index contributed by atoms with van der Waals surface area (Å²) in [6, 6.07) is 17.5. The maximum Gasteiger partial charge on any atom is 0.229 e. The lowest BCUT2D eigenvalue weighted by atomic mass is 10.1. The second kappa shape index (κ2) is 7.45. The number of rotatable bonds is 5. The number of hydrogen-bond acceptors (Lipinski definition) is 5. The monoisotopic (exact) mass is 329 g/mol. The van der Waals surface area contributed by atoms with E-state index in [2.05, 4.69) is 58.7 Å². The molecule has 0 atom stereocenters. The third-order valence-electron chi connectivity index (χ3n) is 3.94. The van der Waals surface area contributed by atoms with Crippen molar-refractivity contribution in [1.82, 2.24) is 9.97 Å². The summed E-state index contributed by atoms with van der Waals surface area (Å²) in [4.78, 5) is 8.76. The van der Waals surface area contributed by atoms with Crippen LogP contribution in [0.2, 0.25) is 0 Å². The first-order valence-corrected chi connectivity index (χ1v) is 8.16. The second-order valence-electron chi connectivity index (χ2n) is 5.64. The Bertz CT molecular complexity index is 927. The Morgan fingerprint density at radius 2 is 1.88 bits per heavy atom. The number of anilines is 4. The predicted molar refractivity (Wildman–Crippen MR) is 100 cm³/mol. The first-order valence-electron chi connectivity index (χ1n) is 8.16. The molecule has 5 nitrogen and oxygen atoms in total. The quantitative estimate of drug-likeness (QED) is 0.709. The number of nitriles is 1. The highest BCUT2D eigenvalue weighted by Crippen LogP contribution is 2.25. The smallest absolute Gasteiger partial charge is 0.229 e. The van der Waals surface area contributed by atoms with Crippen LogP contribution in [0.1, 0.15) is 23.6 Å². The SMILES string of the molecule is CCc1cccc(C)c1Nc1ccnc(Nc2ccccc2C#N)n1. The van der Waals surface area contributed by atoms with E-state index in [1.807, 2.05) is 24.3 Å². The molecule has 0 aliphatic heterocycles. The number of nitrogens with zero attached hydrogens (tertiary/aromatic N) is 3. The van der Waals surface area contributed by atoms with Crippen molar-refractivity contribution in [2.45, 2.75) is 20.3 Å². The van der Waals surface area contributed by atoms with Crippen LogP contribution in [0.25, 0.3) is 0 Å². The van der Waals surface area contributed by atoms with E-state index in [9.17, 15) is 5.26 Å². The molecular formula is C20H19N5. The number of aryl methyl sites for hydroxylation is 2. The Kier molecular flexibility index (Phi) is 4.91. The van der Waals surface area contributed by atoms with Crippen molar-refractivity contribution < 1.29 is 0 Å². The molecule has 0 saturated heterocycles. The number of nitrogens with one attached hydrogen (secondary N) is 2. The van der Waals surface area contributed by atoms with Gasteiger partial charge < -0.3 is 10.6 Å². The highest BCUT2D eigenvalue weighted by atomic mass is 15.1. The zero-order chi connectivity index (χ0) is 17.6. The molecule has 0 bridgehead atoms. The van der Waals surface area contributed by atoms with Crippen LogP contribution >= 0.6 is 0 Å². The number of aromatic nitrogens is 2. The third kappa shape index (κ3) is 3.75. The molecule has 1 heterocycles. The lowest BCUT2D eigenvalue weighted by molar-refractivity contribution is 1.12. The van der Waals surface area contributed by atoms with Gasteiger partial charge in [0.05, 0.1) is 11.3 Å². The van der Waals surface area contributed by atoms with Crippen molar-refractivity contribution in [1.29, 1.82) is 5.26 Å². The summed E-state index contributed by atoms with van der Waals surface area (Å²) in [5.41, 5.74) is 4.72. The standard InChI is InChI=1S/C20H19N5/c1-3-15-9-6-7-14(2)19(15)24-18-11-12-22-20(25-18)23-17-10-5-4-8-16(17)13-21/h4-12H,3H2,1-2H3,(H2,22,23,24,25). The molecule has 124 valence electrons. The minimum absolute atomic E-state index is 0.444. The fourth-order valence-corrected chi connectivity index (χ4v) is 2.63. The molecule has 5 heteroatoms. The molecule has 0 spiro atoms. The van der Waals surface area contributed by atoms with E-state index in [-0.39, 0.29) is 0 Å². The first kappa shape index (κ1) is 16.5. The summed E-state index contributed by atoms with van der Waals surface area (Å²) in [6.45, 7) is 4.21. The van der Waals surface area contributed by atoms with Gasteiger partial charge in [-0.15, -0.1) is 0 Å². The molecule has 3 aromatic rings. The summed E-state index contributed by atoms with van der Waals surface area (Å²) in [5, 5.41) is 15.7. The van der Waals surface area contributed by atoms with E-state index < -0.39 is 0 Å². The van der Waals surface area contributed by atoms with Gasteiger partial charge in [0.25, 0.3) is 0 Å². The summed E-state index contributed by atoms with van der Waals surface area (Å²) in [7, 11) is 0. The van der Waals surface area contributed by atoms with E-state index >= 15 is 0 Å². The molecule has 2 aromatic carbocycles. The van der Waals surface area contributed by atoms with Gasteiger partial charge in [-0.1, -0.05) is 37.3 Å². The average molecular weight is 329 g/mol. The molecule has 2 N–H and O–H groups in total. The van der Waals surface area contributed by atoms with Crippen LogP contribution in [0.3, 0.4) is 0 Å².